The van der Waals surface area contributed by atoms with Gasteiger partial charge in [0.05, 0.1) is 18.1 Å². The highest BCUT2D eigenvalue weighted by Gasteiger charge is 2.20. The van der Waals surface area contributed by atoms with Gasteiger partial charge in [-0.2, -0.15) is 0 Å². The molecule has 1 aromatic heterocycles. The highest BCUT2D eigenvalue weighted by atomic mass is 15.2. The lowest BCUT2D eigenvalue weighted by Gasteiger charge is -2.21. The Balaban J connectivity index is 1.85. The summed E-state index contributed by atoms with van der Waals surface area (Å²) in [7, 11) is 2.08. The zero-order valence-corrected chi connectivity index (χ0v) is 11.7. The first-order valence-electron chi connectivity index (χ1n) is 6.94. The molecule has 1 heterocycles. The molecule has 4 nitrogen and oxygen atoms in total. The van der Waals surface area contributed by atoms with Crippen molar-refractivity contribution in [2.75, 3.05) is 18.5 Å². The topological polar surface area (TPSA) is 41.1 Å². The maximum atomic E-state index is 4.49. The van der Waals surface area contributed by atoms with E-state index in [-0.39, 0.29) is 0 Å². The van der Waals surface area contributed by atoms with Crippen molar-refractivity contribution in [3.63, 3.8) is 0 Å². The largest absolute Gasteiger partial charge is 0.358 e. The molecule has 0 aromatic carbocycles. The molecule has 1 N–H and O–H groups in total. The van der Waals surface area contributed by atoms with Crippen molar-refractivity contribution >= 4 is 5.82 Å². The summed E-state index contributed by atoms with van der Waals surface area (Å²) in [6.07, 6.45) is 7.58. The Morgan fingerprint density at radius 3 is 2.72 bits per heavy atom. The van der Waals surface area contributed by atoms with Crippen LogP contribution in [-0.4, -0.2) is 29.6 Å². The van der Waals surface area contributed by atoms with Crippen LogP contribution in [0.25, 0.3) is 0 Å². The highest BCUT2D eigenvalue weighted by molar-refractivity contribution is 5.34. The fourth-order valence-corrected chi connectivity index (χ4v) is 1.86. The number of hydrogen-bond donors (Lipinski definition) is 1. The van der Waals surface area contributed by atoms with Gasteiger partial charge in [-0.1, -0.05) is 20.3 Å². The average Bonchev–Trinajstić information content (AvgIpc) is 3.20. The third kappa shape index (κ3) is 3.95. The van der Waals surface area contributed by atoms with Crippen LogP contribution in [0.3, 0.4) is 0 Å². The number of anilines is 1. The Morgan fingerprint density at radius 1 is 1.39 bits per heavy atom. The quantitative estimate of drug-likeness (QED) is 0.803. The van der Waals surface area contributed by atoms with Gasteiger partial charge in [0.1, 0.15) is 5.82 Å². The molecule has 0 aliphatic heterocycles. The molecule has 18 heavy (non-hydrogen) atoms. The molecular weight excluding hydrogens is 224 g/mol. The molecule has 1 fully saturated rings. The van der Waals surface area contributed by atoms with Crippen LogP contribution < -0.4 is 10.2 Å². The standard InChI is InChI=1S/C14H24N4/c1-4-11(2)10-18(3)14-9-16-13(8-17-14)7-15-12-5-6-12/h8-9,11-12,15H,4-7,10H2,1-3H3. The van der Waals surface area contributed by atoms with E-state index in [2.05, 4.69) is 41.1 Å². The van der Waals surface area contributed by atoms with Gasteiger partial charge in [-0.05, 0) is 18.8 Å². The summed E-state index contributed by atoms with van der Waals surface area (Å²) in [4.78, 5) is 11.1. The van der Waals surface area contributed by atoms with Crippen molar-refractivity contribution in [2.24, 2.45) is 5.92 Å². The molecule has 1 aliphatic carbocycles. The van der Waals surface area contributed by atoms with Crippen molar-refractivity contribution in [3.8, 4) is 0 Å². The lowest BCUT2D eigenvalue weighted by Crippen LogP contribution is -2.25. The Bertz CT molecular complexity index is 359. The minimum atomic E-state index is 0.688. The number of rotatable bonds is 7. The monoisotopic (exact) mass is 248 g/mol. The molecule has 0 amide bonds. The smallest absolute Gasteiger partial charge is 0.146 e. The molecule has 0 bridgehead atoms. The van der Waals surface area contributed by atoms with Gasteiger partial charge in [-0.15, -0.1) is 0 Å². The van der Waals surface area contributed by atoms with Gasteiger partial charge in [-0.3, -0.25) is 4.98 Å². The van der Waals surface area contributed by atoms with Crippen LogP contribution in [0.4, 0.5) is 5.82 Å². The Hall–Kier alpha value is -1.16. The van der Waals surface area contributed by atoms with E-state index in [1.54, 1.807) is 0 Å². The zero-order valence-electron chi connectivity index (χ0n) is 11.7. The van der Waals surface area contributed by atoms with Crippen molar-refractivity contribution in [3.05, 3.63) is 18.1 Å². The van der Waals surface area contributed by atoms with E-state index < -0.39 is 0 Å². The fraction of sp³-hybridized carbons (Fsp3) is 0.714. The van der Waals surface area contributed by atoms with Crippen LogP contribution in [0, 0.1) is 5.92 Å². The molecule has 0 spiro atoms. The normalized spacial score (nSPS) is 16.6. The summed E-state index contributed by atoms with van der Waals surface area (Å²) in [5.41, 5.74) is 1.03. The molecule has 1 aliphatic rings. The summed E-state index contributed by atoms with van der Waals surface area (Å²) in [6.45, 7) is 6.35. The number of aromatic nitrogens is 2. The molecule has 1 atom stereocenters. The van der Waals surface area contributed by atoms with E-state index >= 15 is 0 Å². The van der Waals surface area contributed by atoms with E-state index in [4.69, 9.17) is 0 Å². The summed E-state index contributed by atoms with van der Waals surface area (Å²) in [5.74, 6) is 1.65. The third-order valence-electron chi connectivity index (χ3n) is 3.51. The molecule has 0 radical (unpaired) electrons. The lowest BCUT2D eigenvalue weighted by atomic mass is 10.1. The average molecular weight is 248 g/mol. The van der Waals surface area contributed by atoms with Crippen LogP contribution in [0.1, 0.15) is 38.8 Å². The molecule has 0 saturated heterocycles. The zero-order chi connectivity index (χ0) is 13.0. The molecule has 100 valence electrons. The Kier molecular flexibility index (Phi) is 4.53. The maximum Gasteiger partial charge on any atom is 0.146 e. The third-order valence-corrected chi connectivity index (χ3v) is 3.51. The summed E-state index contributed by atoms with van der Waals surface area (Å²) >= 11 is 0. The minimum Gasteiger partial charge on any atom is -0.358 e. The van der Waals surface area contributed by atoms with E-state index in [9.17, 15) is 0 Å². The number of nitrogens with zero attached hydrogens (tertiary/aromatic N) is 3. The van der Waals surface area contributed by atoms with Gasteiger partial charge in [0.15, 0.2) is 0 Å². The van der Waals surface area contributed by atoms with Crippen LogP contribution in [0.5, 0.6) is 0 Å². The first-order chi connectivity index (χ1) is 8.69. The van der Waals surface area contributed by atoms with E-state index in [1.807, 2.05) is 12.4 Å². The molecule has 1 saturated carbocycles. The Morgan fingerprint density at radius 2 is 2.17 bits per heavy atom. The van der Waals surface area contributed by atoms with Gasteiger partial charge in [0.2, 0.25) is 0 Å². The molecule has 1 aromatic rings. The van der Waals surface area contributed by atoms with Crippen molar-refractivity contribution in [2.45, 2.75) is 45.7 Å². The number of nitrogens with one attached hydrogen (secondary N) is 1. The van der Waals surface area contributed by atoms with Crippen LogP contribution in [-0.2, 0) is 6.54 Å². The first kappa shape index (κ1) is 13.3. The van der Waals surface area contributed by atoms with Crippen LogP contribution >= 0.6 is 0 Å². The molecule has 4 heteroatoms. The van der Waals surface area contributed by atoms with Crippen LogP contribution in [0.2, 0.25) is 0 Å². The van der Waals surface area contributed by atoms with Crippen molar-refractivity contribution in [1.82, 2.24) is 15.3 Å². The van der Waals surface area contributed by atoms with Gasteiger partial charge in [0.25, 0.3) is 0 Å². The van der Waals surface area contributed by atoms with Gasteiger partial charge in [-0.25, -0.2) is 4.98 Å². The minimum absolute atomic E-state index is 0.688. The second-order valence-electron chi connectivity index (χ2n) is 5.42. The summed E-state index contributed by atoms with van der Waals surface area (Å²) in [6, 6.07) is 0.722. The highest BCUT2D eigenvalue weighted by Crippen LogP contribution is 2.19. The maximum absolute atomic E-state index is 4.49. The molecule has 1 unspecified atom stereocenters. The predicted molar refractivity (Wildman–Crippen MR) is 74.6 cm³/mol. The fourth-order valence-electron chi connectivity index (χ4n) is 1.86. The Labute approximate surface area is 110 Å². The predicted octanol–water partition coefficient (Wildman–Crippen LogP) is 2.21. The first-order valence-corrected chi connectivity index (χ1v) is 6.94. The van der Waals surface area contributed by atoms with Crippen molar-refractivity contribution < 1.29 is 0 Å². The van der Waals surface area contributed by atoms with E-state index in [0.717, 1.165) is 30.6 Å². The summed E-state index contributed by atoms with van der Waals surface area (Å²) in [5, 5.41) is 3.45. The summed E-state index contributed by atoms with van der Waals surface area (Å²) < 4.78 is 0. The van der Waals surface area contributed by atoms with Gasteiger partial charge >= 0.3 is 0 Å². The van der Waals surface area contributed by atoms with Crippen molar-refractivity contribution in [1.29, 1.82) is 0 Å². The molecule has 2 rings (SSSR count). The SMILES string of the molecule is CCC(C)CN(C)c1cnc(CNC2CC2)cn1. The van der Waals surface area contributed by atoms with E-state index in [1.165, 1.54) is 19.3 Å². The van der Waals surface area contributed by atoms with Gasteiger partial charge in [0, 0.05) is 26.2 Å². The van der Waals surface area contributed by atoms with E-state index in [0.29, 0.717) is 5.92 Å². The number of hydrogen-bond acceptors (Lipinski definition) is 4. The lowest BCUT2D eigenvalue weighted by molar-refractivity contribution is 0.557. The van der Waals surface area contributed by atoms with Gasteiger partial charge < -0.3 is 10.2 Å². The second-order valence-corrected chi connectivity index (χ2v) is 5.42. The molecular formula is C14H24N4. The van der Waals surface area contributed by atoms with Crippen LogP contribution in [0.15, 0.2) is 12.4 Å². The second kappa shape index (κ2) is 6.14.